The number of anilines is 3. The fourth-order valence-corrected chi connectivity index (χ4v) is 2.70. The number of carbonyl (C=O) groups excluding carboxylic acids is 1. The van der Waals surface area contributed by atoms with E-state index in [-0.39, 0.29) is 11.6 Å². The van der Waals surface area contributed by atoms with Crippen molar-refractivity contribution in [3.8, 4) is 0 Å². The Morgan fingerprint density at radius 2 is 2.30 bits per heavy atom. The highest BCUT2D eigenvalue weighted by molar-refractivity contribution is 5.98. The predicted molar refractivity (Wildman–Crippen MR) is 96.9 cm³/mol. The summed E-state index contributed by atoms with van der Waals surface area (Å²) in [6.45, 7) is 0. The standard InChI is InChI=1S/C16H16N8O3/c1-18-12-7-11(22-14-9(13(17)25)8-20-24(12)14)21-10-3-2-5-23(15(10)26)16-19-4-6-27-16/h2-8,15,18,26H,1H3,(H2,17,25)(H,21,22). The second kappa shape index (κ2) is 6.46. The number of oxazole rings is 1. The van der Waals surface area contributed by atoms with E-state index in [1.54, 1.807) is 31.5 Å². The molecule has 0 saturated heterocycles. The maximum Gasteiger partial charge on any atom is 0.303 e. The highest BCUT2D eigenvalue weighted by Crippen LogP contribution is 2.24. The van der Waals surface area contributed by atoms with Gasteiger partial charge in [0.2, 0.25) is 0 Å². The summed E-state index contributed by atoms with van der Waals surface area (Å²) >= 11 is 0. The van der Waals surface area contributed by atoms with Crippen LogP contribution in [0.1, 0.15) is 10.4 Å². The average molecular weight is 368 g/mol. The summed E-state index contributed by atoms with van der Waals surface area (Å²) in [6.07, 6.45) is 8.26. The minimum atomic E-state index is -1.06. The molecule has 3 aromatic rings. The van der Waals surface area contributed by atoms with E-state index in [1.165, 1.54) is 28.1 Å². The summed E-state index contributed by atoms with van der Waals surface area (Å²) in [7, 11) is 1.71. The molecule has 1 atom stereocenters. The molecule has 1 aliphatic rings. The molecular formula is C16H16N8O3. The fourth-order valence-electron chi connectivity index (χ4n) is 2.70. The van der Waals surface area contributed by atoms with Gasteiger partial charge in [-0.3, -0.25) is 9.69 Å². The molecule has 1 unspecified atom stereocenters. The zero-order valence-electron chi connectivity index (χ0n) is 14.2. The van der Waals surface area contributed by atoms with Crippen LogP contribution >= 0.6 is 0 Å². The molecule has 4 rings (SSSR count). The van der Waals surface area contributed by atoms with E-state index in [9.17, 15) is 9.90 Å². The summed E-state index contributed by atoms with van der Waals surface area (Å²) in [6, 6.07) is 1.93. The van der Waals surface area contributed by atoms with Gasteiger partial charge < -0.3 is 25.9 Å². The van der Waals surface area contributed by atoms with Crippen molar-refractivity contribution in [2.24, 2.45) is 5.73 Å². The maximum absolute atomic E-state index is 11.6. The largest absolute Gasteiger partial charge is 0.432 e. The third-order valence-corrected chi connectivity index (χ3v) is 3.97. The van der Waals surface area contributed by atoms with Crippen molar-refractivity contribution in [1.82, 2.24) is 19.6 Å². The van der Waals surface area contributed by atoms with Crippen molar-refractivity contribution in [3.05, 3.63) is 54.3 Å². The number of amides is 1. The molecule has 0 spiro atoms. The minimum absolute atomic E-state index is 0.189. The van der Waals surface area contributed by atoms with E-state index < -0.39 is 12.1 Å². The fraction of sp³-hybridized carbons (Fsp3) is 0.125. The number of nitrogens with two attached hydrogens (primary N) is 1. The van der Waals surface area contributed by atoms with Crippen molar-refractivity contribution in [3.63, 3.8) is 0 Å². The Labute approximate surface area is 152 Å². The molecule has 27 heavy (non-hydrogen) atoms. The number of primary amides is 1. The first-order valence-corrected chi connectivity index (χ1v) is 7.96. The van der Waals surface area contributed by atoms with E-state index in [2.05, 4.69) is 25.7 Å². The second-order valence-corrected chi connectivity index (χ2v) is 5.62. The van der Waals surface area contributed by atoms with Gasteiger partial charge in [0, 0.05) is 19.3 Å². The topological polar surface area (TPSA) is 147 Å². The molecule has 1 aliphatic heterocycles. The van der Waals surface area contributed by atoms with E-state index in [0.29, 0.717) is 23.0 Å². The Morgan fingerprint density at radius 1 is 1.44 bits per heavy atom. The molecule has 1 amide bonds. The molecule has 0 aliphatic carbocycles. The van der Waals surface area contributed by atoms with Crippen LogP contribution in [0.5, 0.6) is 0 Å². The number of aliphatic hydroxyl groups is 1. The van der Waals surface area contributed by atoms with Gasteiger partial charge in [0.15, 0.2) is 11.9 Å². The maximum atomic E-state index is 11.6. The Balaban J connectivity index is 1.69. The highest BCUT2D eigenvalue weighted by Gasteiger charge is 2.25. The average Bonchev–Trinajstić information content (AvgIpc) is 3.32. The molecule has 138 valence electrons. The summed E-state index contributed by atoms with van der Waals surface area (Å²) in [4.78, 5) is 21.5. The number of aromatic nitrogens is 4. The number of allylic oxidation sites excluding steroid dienone is 2. The third kappa shape index (κ3) is 2.85. The Kier molecular flexibility index (Phi) is 3.97. The first kappa shape index (κ1) is 16.6. The van der Waals surface area contributed by atoms with Gasteiger partial charge in [0.25, 0.3) is 5.91 Å². The number of fused-ring (bicyclic) bond motifs is 1. The lowest BCUT2D eigenvalue weighted by molar-refractivity contribution is 0.100. The van der Waals surface area contributed by atoms with E-state index in [1.807, 2.05) is 0 Å². The summed E-state index contributed by atoms with van der Waals surface area (Å²) in [5.74, 6) is 0.343. The zero-order chi connectivity index (χ0) is 19.0. The van der Waals surface area contributed by atoms with Crippen LogP contribution in [0.15, 0.2) is 53.2 Å². The summed E-state index contributed by atoms with van der Waals surface area (Å²) < 4.78 is 6.70. The minimum Gasteiger partial charge on any atom is -0.432 e. The molecular weight excluding hydrogens is 352 g/mol. The van der Waals surface area contributed by atoms with Crippen molar-refractivity contribution < 1.29 is 14.3 Å². The van der Waals surface area contributed by atoms with Crippen LogP contribution in [0, 0.1) is 0 Å². The van der Waals surface area contributed by atoms with E-state index >= 15 is 0 Å². The van der Waals surface area contributed by atoms with Gasteiger partial charge in [0.05, 0.1) is 18.1 Å². The van der Waals surface area contributed by atoms with Crippen molar-refractivity contribution in [2.45, 2.75) is 6.23 Å². The third-order valence-electron chi connectivity index (χ3n) is 3.97. The predicted octanol–water partition coefficient (Wildman–Crippen LogP) is 0.506. The highest BCUT2D eigenvalue weighted by atomic mass is 16.4. The second-order valence-electron chi connectivity index (χ2n) is 5.62. The van der Waals surface area contributed by atoms with E-state index in [0.717, 1.165) is 0 Å². The molecule has 0 fully saturated rings. The summed E-state index contributed by atoms with van der Waals surface area (Å²) in [5, 5.41) is 20.8. The Morgan fingerprint density at radius 3 is 3.00 bits per heavy atom. The van der Waals surface area contributed by atoms with Crippen molar-refractivity contribution in [2.75, 3.05) is 22.6 Å². The number of aliphatic hydroxyl groups excluding tert-OH is 1. The molecule has 4 heterocycles. The van der Waals surface area contributed by atoms with Gasteiger partial charge in [-0.05, 0) is 12.2 Å². The Hall–Kier alpha value is -3.86. The van der Waals surface area contributed by atoms with Crippen LogP contribution in [0.2, 0.25) is 0 Å². The molecule has 11 nitrogen and oxygen atoms in total. The monoisotopic (exact) mass is 368 g/mol. The number of hydrogen-bond acceptors (Lipinski definition) is 9. The molecule has 11 heteroatoms. The van der Waals surface area contributed by atoms with Crippen LogP contribution < -0.4 is 21.3 Å². The van der Waals surface area contributed by atoms with Gasteiger partial charge in [-0.15, -0.1) is 0 Å². The van der Waals surface area contributed by atoms with Crippen LogP contribution in [0.3, 0.4) is 0 Å². The van der Waals surface area contributed by atoms with Gasteiger partial charge in [0.1, 0.15) is 23.5 Å². The van der Waals surface area contributed by atoms with Crippen LogP contribution in [0.4, 0.5) is 17.7 Å². The number of nitrogens with one attached hydrogen (secondary N) is 2. The Bertz CT molecular complexity index is 1050. The van der Waals surface area contributed by atoms with Gasteiger partial charge in [-0.1, -0.05) is 0 Å². The van der Waals surface area contributed by atoms with E-state index in [4.69, 9.17) is 10.2 Å². The molecule has 5 N–H and O–H groups in total. The number of nitrogens with zero attached hydrogens (tertiary/aromatic N) is 5. The first-order chi connectivity index (χ1) is 13.1. The van der Waals surface area contributed by atoms with Crippen LogP contribution in [-0.4, -0.2) is 43.9 Å². The van der Waals surface area contributed by atoms with Crippen molar-refractivity contribution >= 4 is 29.2 Å². The molecule has 0 aromatic carbocycles. The summed E-state index contributed by atoms with van der Waals surface area (Å²) in [5.41, 5.74) is 6.31. The van der Waals surface area contributed by atoms with Crippen LogP contribution in [-0.2, 0) is 0 Å². The molecule has 0 bridgehead atoms. The number of hydrogen-bond donors (Lipinski definition) is 4. The molecule has 0 radical (unpaired) electrons. The lowest BCUT2D eigenvalue weighted by Crippen LogP contribution is -2.36. The van der Waals surface area contributed by atoms with Gasteiger partial charge in [-0.25, -0.2) is 9.97 Å². The SMILES string of the molecule is CNc1cc(NC2=CC=CN(c3ncco3)C2O)nc2c(C(N)=O)cnn12. The number of rotatable bonds is 5. The van der Waals surface area contributed by atoms with Gasteiger partial charge >= 0.3 is 6.01 Å². The molecule has 0 saturated carbocycles. The first-order valence-electron chi connectivity index (χ1n) is 7.96. The van der Waals surface area contributed by atoms with Crippen LogP contribution in [0.25, 0.3) is 5.65 Å². The normalized spacial score (nSPS) is 16.4. The smallest absolute Gasteiger partial charge is 0.303 e. The van der Waals surface area contributed by atoms with Gasteiger partial charge in [-0.2, -0.15) is 9.61 Å². The quantitative estimate of drug-likeness (QED) is 0.505. The lowest BCUT2D eigenvalue weighted by atomic mass is 10.2. The lowest BCUT2D eigenvalue weighted by Gasteiger charge is -2.28. The molecule has 3 aromatic heterocycles. The number of carbonyl (C=O) groups is 1. The zero-order valence-corrected chi connectivity index (χ0v) is 14.2. The van der Waals surface area contributed by atoms with Crippen molar-refractivity contribution in [1.29, 1.82) is 0 Å².